The SMILES string of the molecule is Cc1ccc(N(C(=O)c2snc(C(N)=O)c2N)[C@@H](C(=O)NCCC(C)C)c2ccco2)cc1. The van der Waals surface area contributed by atoms with Crippen molar-refractivity contribution in [2.45, 2.75) is 33.2 Å². The fourth-order valence-electron chi connectivity index (χ4n) is 3.23. The second kappa shape index (κ2) is 10.3. The third kappa shape index (κ3) is 5.40. The highest BCUT2D eigenvalue weighted by molar-refractivity contribution is 7.09. The normalized spacial score (nSPS) is 11.9. The lowest BCUT2D eigenvalue weighted by molar-refractivity contribution is -0.122. The van der Waals surface area contributed by atoms with Crippen LogP contribution in [0.25, 0.3) is 0 Å². The zero-order valence-electron chi connectivity index (χ0n) is 18.7. The predicted molar refractivity (Wildman–Crippen MR) is 127 cm³/mol. The standard InChI is InChI=1S/C23H27N5O4S/c1-13(2)10-11-26-22(30)19(16-5-4-12-32-16)28(15-8-6-14(3)7-9-15)23(31)20-17(24)18(21(25)29)27-33-20/h4-9,12-13,19H,10-11,24H2,1-3H3,(H2,25,29)(H,26,30)/t19-/m1/s1. The van der Waals surface area contributed by atoms with Crippen molar-refractivity contribution in [1.29, 1.82) is 0 Å². The van der Waals surface area contributed by atoms with Crippen molar-refractivity contribution in [2.24, 2.45) is 11.7 Å². The molecule has 3 amide bonds. The maximum absolute atomic E-state index is 13.8. The summed E-state index contributed by atoms with van der Waals surface area (Å²) in [5.74, 6) is -1.16. The number of aromatic nitrogens is 1. The van der Waals surface area contributed by atoms with Crippen molar-refractivity contribution in [3.8, 4) is 0 Å². The van der Waals surface area contributed by atoms with Gasteiger partial charge < -0.3 is 21.2 Å². The van der Waals surface area contributed by atoms with Crippen molar-refractivity contribution < 1.29 is 18.8 Å². The van der Waals surface area contributed by atoms with Gasteiger partial charge in [-0.15, -0.1) is 0 Å². The Morgan fingerprint density at radius 3 is 2.42 bits per heavy atom. The minimum absolute atomic E-state index is 0.0101. The Balaban J connectivity index is 2.09. The van der Waals surface area contributed by atoms with Gasteiger partial charge in [0, 0.05) is 12.2 Å². The molecule has 0 unspecified atom stereocenters. The van der Waals surface area contributed by atoms with E-state index in [-0.39, 0.29) is 22.0 Å². The van der Waals surface area contributed by atoms with Gasteiger partial charge in [0.15, 0.2) is 11.7 Å². The van der Waals surface area contributed by atoms with E-state index in [1.807, 2.05) is 19.1 Å². The highest BCUT2D eigenvalue weighted by Crippen LogP contribution is 2.33. The molecule has 33 heavy (non-hydrogen) atoms. The molecule has 2 aromatic heterocycles. The molecule has 3 aromatic rings. The Kier molecular flexibility index (Phi) is 7.49. The van der Waals surface area contributed by atoms with Crippen LogP contribution in [-0.2, 0) is 4.79 Å². The molecule has 0 fully saturated rings. The number of anilines is 2. The topological polar surface area (TPSA) is 145 Å². The van der Waals surface area contributed by atoms with Gasteiger partial charge in [0.2, 0.25) is 0 Å². The van der Waals surface area contributed by atoms with E-state index in [9.17, 15) is 14.4 Å². The number of nitrogens with zero attached hydrogens (tertiary/aromatic N) is 2. The molecule has 174 valence electrons. The van der Waals surface area contributed by atoms with Crippen LogP contribution >= 0.6 is 11.5 Å². The maximum Gasteiger partial charge on any atom is 0.273 e. The quantitative estimate of drug-likeness (QED) is 0.439. The van der Waals surface area contributed by atoms with Gasteiger partial charge in [-0.25, -0.2) is 0 Å². The summed E-state index contributed by atoms with van der Waals surface area (Å²) in [6, 6.07) is 9.29. The first kappa shape index (κ1) is 24.0. The molecule has 1 aromatic carbocycles. The molecule has 0 spiro atoms. The van der Waals surface area contributed by atoms with Gasteiger partial charge in [-0.1, -0.05) is 31.5 Å². The molecule has 0 aliphatic rings. The van der Waals surface area contributed by atoms with Crippen molar-refractivity contribution in [3.05, 3.63) is 64.6 Å². The summed E-state index contributed by atoms with van der Waals surface area (Å²) in [5, 5.41) is 2.90. The average Bonchev–Trinajstić information content (AvgIpc) is 3.42. The third-order valence-corrected chi connectivity index (χ3v) is 5.88. The largest absolute Gasteiger partial charge is 0.467 e. The number of hydrogen-bond acceptors (Lipinski definition) is 7. The summed E-state index contributed by atoms with van der Waals surface area (Å²) in [4.78, 5) is 40.0. The molecule has 9 nitrogen and oxygen atoms in total. The minimum atomic E-state index is -1.11. The summed E-state index contributed by atoms with van der Waals surface area (Å²) >= 11 is 0.758. The first-order valence-corrected chi connectivity index (χ1v) is 11.2. The van der Waals surface area contributed by atoms with Crippen LogP contribution in [0.2, 0.25) is 0 Å². The van der Waals surface area contributed by atoms with Gasteiger partial charge in [0.25, 0.3) is 17.7 Å². The van der Waals surface area contributed by atoms with Crippen molar-refractivity contribution in [1.82, 2.24) is 9.69 Å². The van der Waals surface area contributed by atoms with Crippen LogP contribution in [0, 0.1) is 12.8 Å². The number of aryl methyl sites for hydroxylation is 1. The first-order chi connectivity index (χ1) is 15.7. The zero-order valence-corrected chi connectivity index (χ0v) is 19.5. The van der Waals surface area contributed by atoms with E-state index in [0.717, 1.165) is 23.5 Å². The van der Waals surface area contributed by atoms with Crippen LogP contribution < -0.4 is 21.7 Å². The summed E-state index contributed by atoms with van der Waals surface area (Å²) in [6.07, 6.45) is 2.21. The van der Waals surface area contributed by atoms with E-state index in [1.54, 1.807) is 24.3 Å². The van der Waals surface area contributed by atoms with E-state index in [2.05, 4.69) is 23.5 Å². The Morgan fingerprint density at radius 2 is 1.88 bits per heavy atom. The smallest absolute Gasteiger partial charge is 0.273 e. The van der Waals surface area contributed by atoms with E-state index < -0.39 is 23.8 Å². The number of amides is 3. The van der Waals surface area contributed by atoms with E-state index >= 15 is 0 Å². The number of primary amides is 1. The summed E-state index contributed by atoms with van der Waals surface area (Å²) < 4.78 is 9.49. The molecule has 0 aliphatic heterocycles. The van der Waals surface area contributed by atoms with Gasteiger partial charge in [-0.3, -0.25) is 19.3 Å². The number of carbonyl (C=O) groups excluding carboxylic acids is 3. The maximum atomic E-state index is 13.8. The number of rotatable bonds is 9. The molecule has 0 aliphatic carbocycles. The van der Waals surface area contributed by atoms with Crippen molar-refractivity contribution in [2.75, 3.05) is 17.2 Å². The zero-order chi connectivity index (χ0) is 24.1. The highest BCUT2D eigenvalue weighted by Gasteiger charge is 2.37. The number of nitrogens with one attached hydrogen (secondary N) is 1. The van der Waals surface area contributed by atoms with Crippen LogP contribution in [0.4, 0.5) is 11.4 Å². The number of benzene rings is 1. The van der Waals surface area contributed by atoms with Gasteiger partial charge >= 0.3 is 0 Å². The number of nitrogens with two attached hydrogens (primary N) is 2. The Labute approximate surface area is 195 Å². The van der Waals surface area contributed by atoms with E-state index in [4.69, 9.17) is 15.9 Å². The average molecular weight is 470 g/mol. The Hall–Kier alpha value is -3.66. The Morgan fingerprint density at radius 1 is 1.18 bits per heavy atom. The van der Waals surface area contributed by atoms with Gasteiger partial charge in [-0.2, -0.15) is 4.37 Å². The summed E-state index contributed by atoms with van der Waals surface area (Å²) in [6.45, 7) is 6.47. The van der Waals surface area contributed by atoms with Gasteiger partial charge in [0.1, 0.15) is 10.6 Å². The van der Waals surface area contributed by atoms with Crippen LogP contribution in [0.3, 0.4) is 0 Å². The van der Waals surface area contributed by atoms with Crippen LogP contribution in [0.1, 0.15) is 57.8 Å². The minimum Gasteiger partial charge on any atom is -0.467 e. The fraction of sp³-hybridized carbons (Fsp3) is 0.304. The molecule has 10 heteroatoms. The molecule has 2 heterocycles. The lowest BCUT2D eigenvalue weighted by Crippen LogP contribution is -2.44. The molecule has 3 rings (SSSR count). The van der Waals surface area contributed by atoms with E-state index in [1.165, 1.54) is 11.2 Å². The highest BCUT2D eigenvalue weighted by atomic mass is 32.1. The first-order valence-electron chi connectivity index (χ1n) is 10.5. The van der Waals surface area contributed by atoms with Crippen molar-refractivity contribution in [3.63, 3.8) is 0 Å². The predicted octanol–water partition coefficient (Wildman–Crippen LogP) is 3.28. The van der Waals surface area contributed by atoms with Gasteiger partial charge in [-0.05, 0) is 55.1 Å². The summed E-state index contributed by atoms with van der Waals surface area (Å²) in [5.41, 5.74) is 12.5. The van der Waals surface area contributed by atoms with Crippen LogP contribution in [0.15, 0.2) is 47.1 Å². The molecule has 0 saturated carbocycles. The third-order valence-electron chi connectivity index (χ3n) is 5.03. The lowest BCUT2D eigenvalue weighted by Gasteiger charge is -2.29. The molecule has 5 N–H and O–H groups in total. The van der Waals surface area contributed by atoms with E-state index in [0.29, 0.717) is 18.2 Å². The number of hydrogen-bond donors (Lipinski definition) is 3. The summed E-state index contributed by atoms with van der Waals surface area (Å²) in [7, 11) is 0. The number of carbonyl (C=O) groups is 3. The second-order valence-electron chi connectivity index (χ2n) is 8.04. The number of furan rings is 1. The Bertz CT molecular complexity index is 1120. The molecular formula is C23H27N5O4S. The van der Waals surface area contributed by atoms with Gasteiger partial charge in [0.05, 0.1) is 12.0 Å². The molecule has 0 radical (unpaired) electrons. The molecule has 0 saturated heterocycles. The molecule has 0 bridgehead atoms. The monoisotopic (exact) mass is 469 g/mol. The number of nitrogen functional groups attached to an aromatic ring is 1. The van der Waals surface area contributed by atoms with Crippen LogP contribution in [-0.4, -0.2) is 28.6 Å². The fourth-order valence-corrected chi connectivity index (χ4v) is 3.97. The van der Waals surface area contributed by atoms with Crippen molar-refractivity contribution >= 4 is 40.6 Å². The molecular weight excluding hydrogens is 442 g/mol. The second-order valence-corrected chi connectivity index (χ2v) is 8.81. The lowest BCUT2D eigenvalue weighted by atomic mass is 10.1. The molecule has 1 atom stereocenters. The van der Waals surface area contributed by atoms with Crippen LogP contribution in [0.5, 0.6) is 0 Å².